The maximum absolute atomic E-state index is 12.6. The van der Waals surface area contributed by atoms with Gasteiger partial charge in [-0.05, 0) is 72.1 Å². The van der Waals surface area contributed by atoms with Crippen molar-refractivity contribution in [1.29, 1.82) is 0 Å². The van der Waals surface area contributed by atoms with Gasteiger partial charge < -0.3 is 24.3 Å². The molecule has 1 aromatic carbocycles. The van der Waals surface area contributed by atoms with Gasteiger partial charge in [-0.2, -0.15) is 0 Å². The minimum atomic E-state index is -0.786. The van der Waals surface area contributed by atoms with Gasteiger partial charge in [0.25, 0.3) is 0 Å². The van der Waals surface area contributed by atoms with Crippen LogP contribution in [-0.4, -0.2) is 50.2 Å². The van der Waals surface area contributed by atoms with Crippen LogP contribution in [0.1, 0.15) is 73.3 Å². The molecule has 1 N–H and O–H groups in total. The molecule has 9 heteroatoms. The van der Waals surface area contributed by atoms with Gasteiger partial charge in [-0.1, -0.05) is 19.4 Å². The summed E-state index contributed by atoms with van der Waals surface area (Å²) in [4.78, 5) is 49.0. The maximum Gasteiger partial charge on any atom is 0.323 e. The molecule has 1 aromatic rings. The molecule has 0 radical (unpaired) electrons. The fourth-order valence-electron chi connectivity index (χ4n) is 2.76. The third kappa shape index (κ3) is 10.8. The molecule has 0 aliphatic carbocycles. The van der Waals surface area contributed by atoms with Crippen LogP contribution in [0.2, 0.25) is 0 Å². The van der Waals surface area contributed by atoms with Crippen molar-refractivity contribution in [3.05, 3.63) is 23.8 Å². The molecule has 0 saturated heterocycles. The Bertz CT molecular complexity index is 911. The van der Waals surface area contributed by atoms with Gasteiger partial charge in [0, 0.05) is 13.0 Å². The van der Waals surface area contributed by atoms with Crippen molar-refractivity contribution in [2.24, 2.45) is 10.8 Å². The van der Waals surface area contributed by atoms with Crippen molar-refractivity contribution < 1.29 is 38.1 Å². The highest BCUT2D eigenvalue weighted by molar-refractivity contribution is 5.81. The zero-order chi connectivity index (χ0) is 27.5. The number of nitrogens with one attached hydrogen (secondary N) is 1. The van der Waals surface area contributed by atoms with Crippen LogP contribution in [0.25, 0.3) is 0 Å². The second-order valence-electron chi connectivity index (χ2n) is 10.6. The Morgan fingerprint density at radius 2 is 1.50 bits per heavy atom. The third-order valence-corrected chi connectivity index (χ3v) is 5.05. The summed E-state index contributed by atoms with van der Waals surface area (Å²) in [5.74, 6) is -1.56. The third-order valence-electron chi connectivity index (χ3n) is 5.05. The first kappa shape index (κ1) is 31.1. The molecular formula is C27H41NO8. The van der Waals surface area contributed by atoms with Crippen LogP contribution in [0.5, 0.6) is 11.5 Å². The van der Waals surface area contributed by atoms with E-state index in [1.54, 1.807) is 53.7 Å². The van der Waals surface area contributed by atoms with Gasteiger partial charge in [0.1, 0.15) is 12.6 Å². The SMILES string of the molecule is CCCCC(=O)OCCN[C@@H](Cc1ccc(OC(=O)C(C)(C)C)c(OC(=O)C(C)(C)C)c1)C(=O)OC. The van der Waals surface area contributed by atoms with E-state index in [4.69, 9.17) is 18.9 Å². The molecule has 0 bridgehead atoms. The maximum atomic E-state index is 12.6. The van der Waals surface area contributed by atoms with Crippen LogP contribution in [0.15, 0.2) is 18.2 Å². The van der Waals surface area contributed by atoms with Crippen LogP contribution in [0.3, 0.4) is 0 Å². The summed E-state index contributed by atoms with van der Waals surface area (Å²) in [6, 6.07) is 4.05. The topological polar surface area (TPSA) is 117 Å². The molecule has 0 aromatic heterocycles. The summed E-state index contributed by atoms with van der Waals surface area (Å²) in [6.45, 7) is 12.7. The first-order valence-corrected chi connectivity index (χ1v) is 12.2. The number of hydrogen-bond donors (Lipinski definition) is 1. The molecule has 0 heterocycles. The lowest BCUT2D eigenvalue weighted by Crippen LogP contribution is -2.41. The fourth-order valence-corrected chi connectivity index (χ4v) is 2.76. The van der Waals surface area contributed by atoms with E-state index in [2.05, 4.69) is 5.32 Å². The molecule has 1 rings (SSSR count). The van der Waals surface area contributed by atoms with E-state index >= 15 is 0 Å². The number of methoxy groups -OCH3 is 1. The van der Waals surface area contributed by atoms with Crippen molar-refractivity contribution in [3.63, 3.8) is 0 Å². The highest BCUT2D eigenvalue weighted by Gasteiger charge is 2.29. The lowest BCUT2D eigenvalue weighted by Gasteiger charge is -2.21. The van der Waals surface area contributed by atoms with E-state index in [9.17, 15) is 19.2 Å². The fraction of sp³-hybridized carbons (Fsp3) is 0.630. The molecule has 1 atom stereocenters. The van der Waals surface area contributed by atoms with Crippen LogP contribution >= 0.6 is 0 Å². The number of unbranched alkanes of at least 4 members (excludes halogenated alkanes) is 1. The van der Waals surface area contributed by atoms with E-state index < -0.39 is 34.8 Å². The molecule has 0 fully saturated rings. The standard InChI is InChI=1S/C27H41NO8/c1-9-10-11-22(29)34-15-14-28-19(23(30)33-8)16-18-12-13-20(35-24(31)26(2,3)4)21(17-18)36-25(32)27(5,6)7/h12-13,17,19,28H,9-11,14-16H2,1-8H3/t19-/m0/s1. The van der Waals surface area contributed by atoms with Crippen LogP contribution < -0.4 is 14.8 Å². The highest BCUT2D eigenvalue weighted by Crippen LogP contribution is 2.33. The number of carbonyl (C=O) groups is 4. The normalized spacial score (nSPS) is 12.4. The Labute approximate surface area is 214 Å². The van der Waals surface area contributed by atoms with Gasteiger partial charge in [0.05, 0.1) is 17.9 Å². The minimum Gasteiger partial charge on any atom is -0.468 e. The summed E-state index contributed by atoms with van der Waals surface area (Å²) in [5.41, 5.74) is -0.902. The van der Waals surface area contributed by atoms with E-state index in [1.807, 2.05) is 6.92 Å². The molecular weight excluding hydrogens is 466 g/mol. The van der Waals surface area contributed by atoms with Gasteiger partial charge in [-0.15, -0.1) is 0 Å². The summed E-state index contributed by atoms with van der Waals surface area (Å²) in [5, 5.41) is 3.04. The molecule has 0 unspecified atom stereocenters. The minimum absolute atomic E-state index is 0.0819. The van der Waals surface area contributed by atoms with E-state index in [-0.39, 0.29) is 37.0 Å². The van der Waals surface area contributed by atoms with Crippen LogP contribution in [-0.2, 0) is 35.1 Å². The van der Waals surface area contributed by atoms with Gasteiger partial charge in [-0.3, -0.25) is 19.2 Å². The van der Waals surface area contributed by atoms with Crippen molar-refractivity contribution in [2.45, 2.75) is 80.2 Å². The second kappa shape index (κ2) is 14.0. The molecule has 9 nitrogen and oxygen atoms in total. The zero-order valence-corrected chi connectivity index (χ0v) is 22.8. The molecule has 0 saturated carbocycles. The molecule has 202 valence electrons. The average Bonchev–Trinajstić information content (AvgIpc) is 2.79. The van der Waals surface area contributed by atoms with Gasteiger partial charge in [0.15, 0.2) is 11.5 Å². The Morgan fingerprint density at radius 1 is 0.917 bits per heavy atom. The van der Waals surface area contributed by atoms with Crippen molar-refractivity contribution in [1.82, 2.24) is 5.32 Å². The van der Waals surface area contributed by atoms with Crippen LogP contribution in [0, 0.1) is 10.8 Å². The van der Waals surface area contributed by atoms with Crippen molar-refractivity contribution in [3.8, 4) is 11.5 Å². The van der Waals surface area contributed by atoms with Gasteiger partial charge in [-0.25, -0.2) is 0 Å². The van der Waals surface area contributed by atoms with E-state index in [1.165, 1.54) is 13.2 Å². The first-order chi connectivity index (χ1) is 16.7. The number of carbonyl (C=O) groups excluding carboxylic acids is 4. The Morgan fingerprint density at radius 3 is 2.03 bits per heavy atom. The number of rotatable bonds is 12. The quantitative estimate of drug-likeness (QED) is 0.254. The van der Waals surface area contributed by atoms with E-state index in [0.29, 0.717) is 12.0 Å². The highest BCUT2D eigenvalue weighted by atomic mass is 16.6. The number of esters is 4. The number of hydrogen-bond acceptors (Lipinski definition) is 9. The molecule has 0 aliphatic heterocycles. The smallest absolute Gasteiger partial charge is 0.323 e. The summed E-state index contributed by atoms with van der Waals surface area (Å²) >= 11 is 0. The number of benzene rings is 1. The van der Waals surface area contributed by atoms with Crippen LogP contribution in [0.4, 0.5) is 0 Å². The van der Waals surface area contributed by atoms with Crippen molar-refractivity contribution in [2.75, 3.05) is 20.3 Å². The summed E-state index contributed by atoms with van der Waals surface area (Å²) in [6.07, 6.45) is 2.22. The molecule has 36 heavy (non-hydrogen) atoms. The average molecular weight is 508 g/mol. The predicted octanol–water partition coefficient (Wildman–Crippen LogP) is 4.00. The Kier molecular flexibility index (Phi) is 12.1. The number of ether oxygens (including phenoxy) is 4. The lowest BCUT2D eigenvalue weighted by atomic mass is 9.97. The van der Waals surface area contributed by atoms with Crippen molar-refractivity contribution >= 4 is 23.9 Å². The molecule has 0 aliphatic rings. The second-order valence-corrected chi connectivity index (χ2v) is 10.6. The molecule has 0 amide bonds. The zero-order valence-electron chi connectivity index (χ0n) is 22.8. The predicted molar refractivity (Wildman–Crippen MR) is 135 cm³/mol. The Hall–Kier alpha value is -2.94. The Balaban J connectivity index is 3.05. The largest absolute Gasteiger partial charge is 0.468 e. The lowest BCUT2D eigenvalue weighted by molar-refractivity contribution is -0.145. The first-order valence-electron chi connectivity index (χ1n) is 12.2. The van der Waals surface area contributed by atoms with E-state index in [0.717, 1.165) is 12.8 Å². The monoisotopic (exact) mass is 507 g/mol. The summed E-state index contributed by atoms with van der Waals surface area (Å²) in [7, 11) is 1.29. The molecule has 0 spiro atoms. The van der Waals surface area contributed by atoms with Gasteiger partial charge in [0.2, 0.25) is 0 Å². The summed E-state index contributed by atoms with van der Waals surface area (Å²) < 4.78 is 21.2. The van der Waals surface area contributed by atoms with Gasteiger partial charge >= 0.3 is 23.9 Å².